The second-order valence-corrected chi connectivity index (χ2v) is 9.52. The van der Waals surface area contributed by atoms with Gasteiger partial charge in [0.2, 0.25) is 0 Å². The van der Waals surface area contributed by atoms with Gasteiger partial charge in [-0.2, -0.15) is 5.10 Å². The predicted molar refractivity (Wildman–Crippen MR) is 132 cm³/mol. The van der Waals surface area contributed by atoms with Crippen molar-refractivity contribution in [3.05, 3.63) is 53.7 Å². The largest absolute Gasteiger partial charge is 0.340 e. The Morgan fingerprint density at radius 1 is 1.09 bits per heavy atom. The molecule has 1 aliphatic heterocycles. The molecule has 4 heterocycles. The summed E-state index contributed by atoms with van der Waals surface area (Å²) in [5, 5.41) is 14.7. The minimum Gasteiger partial charge on any atom is -0.340 e. The molecule has 33 heavy (non-hydrogen) atoms. The summed E-state index contributed by atoms with van der Waals surface area (Å²) in [6, 6.07) is 8.67. The highest BCUT2D eigenvalue weighted by molar-refractivity contribution is 7.26. The summed E-state index contributed by atoms with van der Waals surface area (Å²) in [7, 11) is 0. The van der Waals surface area contributed by atoms with Crippen LogP contribution in [0.3, 0.4) is 0 Å². The van der Waals surface area contributed by atoms with E-state index in [1.54, 1.807) is 29.8 Å². The van der Waals surface area contributed by atoms with Crippen LogP contribution in [0.1, 0.15) is 0 Å². The number of anilines is 2. The van der Waals surface area contributed by atoms with Crippen LogP contribution in [0.2, 0.25) is 5.02 Å². The third-order valence-corrected chi connectivity index (χ3v) is 7.44. The number of hydrogen-bond acceptors (Lipinski definition) is 7. The molecular formula is C23H21ClFN7S. The maximum atomic E-state index is 13.6. The first-order valence-electron chi connectivity index (χ1n) is 10.8. The standard InChI is InChI=1S/C23H21ClFN7S/c24-17-11-14(1-3-18(17)25)29-22-20-15-2-4-19-16(21(15)33-23(20)28-13-27-22)12-32(30-19)10-9-31-7-5-26-6-8-31/h1-4,11-13,26H,5-10H2,(H,27,28,29). The van der Waals surface area contributed by atoms with E-state index in [0.717, 1.165) is 70.5 Å². The molecule has 3 aromatic heterocycles. The minimum absolute atomic E-state index is 0.0652. The van der Waals surface area contributed by atoms with Gasteiger partial charge >= 0.3 is 0 Å². The summed E-state index contributed by atoms with van der Waals surface area (Å²) in [5.41, 5.74) is 1.64. The van der Waals surface area contributed by atoms with Gasteiger partial charge in [0.15, 0.2) is 0 Å². The average molecular weight is 482 g/mol. The Morgan fingerprint density at radius 3 is 2.82 bits per heavy atom. The Hall–Kier alpha value is -2.85. The molecule has 0 atom stereocenters. The van der Waals surface area contributed by atoms with Crippen LogP contribution < -0.4 is 10.6 Å². The van der Waals surface area contributed by atoms with Gasteiger partial charge in [-0.25, -0.2) is 14.4 Å². The first-order chi connectivity index (χ1) is 16.2. The van der Waals surface area contributed by atoms with E-state index in [-0.39, 0.29) is 5.02 Å². The van der Waals surface area contributed by atoms with E-state index in [1.807, 2.05) is 4.68 Å². The van der Waals surface area contributed by atoms with Gasteiger partial charge < -0.3 is 10.6 Å². The summed E-state index contributed by atoms with van der Waals surface area (Å²) < 4.78 is 16.7. The predicted octanol–water partition coefficient (Wildman–Crippen LogP) is 4.64. The van der Waals surface area contributed by atoms with Crippen LogP contribution in [0.25, 0.3) is 31.2 Å². The van der Waals surface area contributed by atoms with Crippen molar-refractivity contribution in [3.63, 3.8) is 0 Å². The highest BCUT2D eigenvalue weighted by atomic mass is 35.5. The second-order valence-electron chi connectivity index (χ2n) is 8.12. The van der Waals surface area contributed by atoms with Crippen molar-refractivity contribution in [1.82, 2.24) is 30.0 Å². The summed E-state index contributed by atoms with van der Waals surface area (Å²) in [5.74, 6) is 0.215. The van der Waals surface area contributed by atoms with E-state index in [2.05, 4.69) is 43.8 Å². The summed E-state index contributed by atoms with van der Waals surface area (Å²) in [4.78, 5) is 12.3. The third kappa shape index (κ3) is 3.91. The van der Waals surface area contributed by atoms with Gasteiger partial charge in [-0.05, 0) is 24.3 Å². The van der Waals surface area contributed by atoms with Crippen LogP contribution >= 0.6 is 22.9 Å². The molecule has 0 saturated carbocycles. The Balaban J connectivity index is 1.37. The maximum absolute atomic E-state index is 13.6. The van der Waals surface area contributed by atoms with Gasteiger partial charge in [-0.3, -0.25) is 9.58 Å². The average Bonchev–Trinajstić information content (AvgIpc) is 3.42. The minimum atomic E-state index is -0.451. The molecule has 2 N–H and O–H groups in total. The van der Waals surface area contributed by atoms with Gasteiger partial charge in [0.1, 0.15) is 22.8 Å². The third-order valence-electron chi connectivity index (χ3n) is 6.01. The molecule has 1 aliphatic rings. The van der Waals surface area contributed by atoms with Crippen molar-refractivity contribution in [2.45, 2.75) is 6.54 Å². The number of rotatable bonds is 5. The molecule has 0 unspecified atom stereocenters. The van der Waals surface area contributed by atoms with Crippen LogP contribution in [0.15, 0.2) is 42.9 Å². The maximum Gasteiger partial charge on any atom is 0.143 e. The number of piperazine rings is 1. The van der Waals surface area contributed by atoms with E-state index in [1.165, 1.54) is 6.07 Å². The summed E-state index contributed by atoms with van der Waals surface area (Å²) >= 11 is 7.59. The molecule has 0 radical (unpaired) electrons. The lowest BCUT2D eigenvalue weighted by molar-refractivity contribution is 0.229. The molecule has 168 valence electrons. The van der Waals surface area contributed by atoms with Crippen LogP contribution in [0.4, 0.5) is 15.9 Å². The Kier molecular flexibility index (Phi) is 5.34. The Labute approximate surface area is 198 Å². The van der Waals surface area contributed by atoms with Crippen LogP contribution in [-0.4, -0.2) is 57.4 Å². The topological polar surface area (TPSA) is 70.9 Å². The van der Waals surface area contributed by atoms with E-state index >= 15 is 0 Å². The highest BCUT2D eigenvalue weighted by Crippen LogP contribution is 2.40. The summed E-state index contributed by atoms with van der Waals surface area (Å²) in [6.07, 6.45) is 3.68. The zero-order chi connectivity index (χ0) is 22.4. The van der Waals surface area contributed by atoms with Gasteiger partial charge in [0, 0.05) is 60.1 Å². The molecule has 10 heteroatoms. The first-order valence-corrected chi connectivity index (χ1v) is 12.0. The molecule has 0 bridgehead atoms. The number of aromatic nitrogens is 4. The van der Waals surface area contributed by atoms with Gasteiger partial charge in [-0.15, -0.1) is 11.3 Å². The van der Waals surface area contributed by atoms with Crippen molar-refractivity contribution in [2.75, 3.05) is 38.0 Å². The molecular weight excluding hydrogens is 461 g/mol. The van der Waals surface area contributed by atoms with E-state index < -0.39 is 5.82 Å². The van der Waals surface area contributed by atoms with Crippen molar-refractivity contribution in [3.8, 4) is 0 Å². The van der Waals surface area contributed by atoms with Gasteiger partial charge in [0.05, 0.1) is 22.5 Å². The molecule has 1 saturated heterocycles. The van der Waals surface area contributed by atoms with Gasteiger partial charge in [-0.1, -0.05) is 17.7 Å². The molecule has 1 fully saturated rings. The van der Waals surface area contributed by atoms with E-state index in [4.69, 9.17) is 16.7 Å². The first kappa shape index (κ1) is 20.7. The number of benzene rings is 2. The quantitative estimate of drug-likeness (QED) is 0.381. The Morgan fingerprint density at radius 2 is 1.97 bits per heavy atom. The monoisotopic (exact) mass is 481 g/mol. The number of hydrogen-bond donors (Lipinski definition) is 2. The molecule has 6 rings (SSSR count). The molecule has 0 spiro atoms. The Bertz CT molecular complexity index is 1470. The van der Waals surface area contributed by atoms with Crippen LogP contribution in [0.5, 0.6) is 0 Å². The van der Waals surface area contributed by atoms with Gasteiger partial charge in [0.25, 0.3) is 0 Å². The fraction of sp³-hybridized carbons (Fsp3) is 0.261. The highest BCUT2D eigenvalue weighted by Gasteiger charge is 2.16. The fourth-order valence-electron chi connectivity index (χ4n) is 4.31. The molecule has 0 aliphatic carbocycles. The molecule has 0 amide bonds. The number of fused-ring (bicyclic) bond motifs is 5. The number of nitrogens with zero attached hydrogens (tertiary/aromatic N) is 5. The zero-order valence-electron chi connectivity index (χ0n) is 17.7. The molecule has 5 aromatic rings. The lowest BCUT2D eigenvalue weighted by Crippen LogP contribution is -2.44. The lowest BCUT2D eigenvalue weighted by Gasteiger charge is -2.26. The number of halogens is 2. The van der Waals surface area contributed by atoms with Crippen molar-refractivity contribution in [1.29, 1.82) is 0 Å². The molecule has 7 nitrogen and oxygen atoms in total. The number of thiophene rings is 1. The normalized spacial score (nSPS) is 15.1. The van der Waals surface area contributed by atoms with Crippen LogP contribution in [0, 0.1) is 5.82 Å². The van der Waals surface area contributed by atoms with E-state index in [0.29, 0.717) is 11.5 Å². The SMILES string of the molecule is Fc1ccc(Nc2ncnc3sc4c5cn(CCN6CCNCC6)nc5ccc4c23)cc1Cl. The van der Waals surface area contributed by atoms with Crippen molar-refractivity contribution < 1.29 is 4.39 Å². The summed E-state index contributed by atoms with van der Waals surface area (Å²) in [6.45, 7) is 6.10. The zero-order valence-corrected chi connectivity index (χ0v) is 19.3. The van der Waals surface area contributed by atoms with Crippen molar-refractivity contribution in [2.24, 2.45) is 0 Å². The smallest absolute Gasteiger partial charge is 0.143 e. The van der Waals surface area contributed by atoms with E-state index in [9.17, 15) is 4.39 Å². The van der Waals surface area contributed by atoms with Crippen LogP contribution in [-0.2, 0) is 6.54 Å². The lowest BCUT2D eigenvalue weighted by atomic mass is 10.1. The molecule has 2 aromatic carbocycles. The van der Waals surface area contributed by atoms with Crippen molar-refractivity contribution >= 4 is 65.6 Å². The number of nitrogens with one attached hydrogen (secondary N) is 2. The fourth-order valence-corrected chi connectivity index (χ4v) is 5.64. The second kappa shape index (κ2) is 8.49.